The van der Waals surface area contributed by atoms with E-state index < -0.39 is 54.1 Å². The number of ether oxygens (including phenoxy) is 1. The van der Waals surface area contributed by atoms with Crippen molar-refractivity contribution >= 4 is 17.5 Å². The molecule has 202 valence electrons. The van der Waals surface area contributed by atoms with Crippen molar-refractivity contribution in [3.8, 4) is 0 Å². The number of nitrogens with zero attached hydrogens (tertiary/aromatic N) is 5. The van der Waals surface area contributed by atoms with Gasteiger partial charge in [0.05, 0.1) is 18.7 Å². The molecule has 8 nitrogen and oxygen atoms in total. The zero-order chi connectivity index (χ0) is 27.6. The molecule has 1 aromatic carbocycles. The number of hydrogen-bond donors (Lipinski definition) is 0. The molecule has 0 radical (unpaired) electrons. The third kappa shape index (κ3) is 7.74. The molecule has 1 fully saturated rings. The molecule has 0 bridgehead atoms. The van der Waals surface area contributed by atoms with Gasteiger partial charge in [0, 0.05) is 24.7 Å². The second-order valence-corrected chi connectivity index (χ2v) is 9.57. The molecule has 0 saturated carbocycles. The number of carbonyl (C=O) groups excluding carboxylic acids is 1. The first-order chi connectivity index (χ1) is 17.1. The SMILES string of the molecule is [C-]#[N+]c1ccc(N(Cc2noc(C3CCN(C(=O)OC(C)(C)C)CC3)n2)CC(F)(F)F)cc1C(F)(F)F. The van der Waals surface area contributed by atoms with Crippen molar-refractivity contribution < 1.29 is 40.4 Å². The second-order valence-electron chi connectivity index (χ2n) is 9.57. The second kappa shape index (κ2) is 10.5. The van der Waals surface area contributed by atoms with Crippen LogP contribution in [0.2, 0.25) is 0 Å². The van der Waals surface area contributed by atoms with Gasteiger partial charge < -0.3 is 19.1 Å². The van der Waals surface area contributed by atoms with Gasteiger partial charge in [-0.05, 0) is 45.7 Å². The average Bonchev–Trinajstić information content (AvgIpc) is 3.24. The van der Waals surface area contributed by atoms with E-state index in [4.69, 9.17) is 15.8 Å². The van der Waals surface area contributed by atoms with Crippen molar-refractivity contribution in [2.24, 2.45) is 0 Å². The summed E-state index contributed by atoms with van der Waals surface area (Å²) in [7, 11) is 0. The lowest BCUT2D eigenvalue weighted by Crippen LogP contribution is -2.41. The number of amides is 1. The summed E-state index contributed by atoms with van der Waals surface area (Å²) in [6, 6.07) is 2.35. The number of piperidine rings is 1. The van der Waals surface area contributed by atoms with E-state index >= 15 is 0 Å². The van der Waals surface area contributed by atoms with Crippen molar-refractivity contribution in [3.63, 3.8) is 0 Å². The average molecular weight is 533 g/mol. The van der Waals surface area contributed by atoms with E-state index in [1.54, 1.807) is 20.8 Å². The Kier molecular flexibility index (Phi) is 7.94. The molecule has 0 aliphatic carbocycles. The molecule has 1 aliphatic rings. The largest absolute Gasteiger partial charge is 0.444 e. The Morgan fingerprint density at radius 2 is 1.84 bits per heavy atom. The lowest BCUT2D eigenvalue weighted by molar-refractivity contribution is -0.136. The third-order valence-electron chi connectivity index (χ3n) is 5.45. The predicted octanol–water partition coefficient (Wildman–Crippen LogP) is 6.32. The number of alkyl halides is 6. The van der Waals surface area contributed by atoms with E-state index in [0.29, 0.717) is 36.9 Å². The highest BCUT2D eigenvalue weighted by Gasteiger charge is 2.36. The van der Waals surface area contributed by atoms with Crippen molar-refractivity contribution in [1.29, 1.82) is 0 Å². The molecule has 2 aromatic rings. The number of benzene rings is 1. The summed E-state index contributed by atoms with van der Waals surface area (Å²) < 4.78 is 90.4. The highest BCUT2D eigenvalue weighted by atomic mass is 19.4. The summed E-state index contributed by atoms with van der Waals surface area (Å²) in [5.74, 6) is -0.215. The molecule has 14 heteroatoms. The van der Waals surface area contributed by atoms with Crippen LogP contribution in [0.3, 0.4) is 0 Å². The fraction of sp³-hybridized carbons (Fsp3) is 0.565. The number of anilines is 1. The molecule has 2 heterocycles. The number of aromatic nitrogens is 2. The van der Waals surface area contributed by atoms with Gasteiger partial charge in [0.1, 0.15) is 12.1 Å². The van der Waals surface area contributed by atoms with E-state index in [1.165, 1.54) is 4.90 Å². The van der Waals surface area contributed by atoms with Crippen molar-refractivity contribution in [2.45, 2.75) is 64.0 Å². The van der Waals surface area contributed by atoms with Crippen LogP contribution in [0, 0.1) is 6.57 Å². The molecule has 3 rings (SSSR count). The van der Waals surface area contributed by atoms with E-state index in [-0.39, 0.29) is 17.6 Å². The molecule has 1 saturated heterocycles. The van der Waals surface area contributed by atoms with Gasteiger partial charge in [-0.25, -0.2) is 9.64 Å². The molecule has 0 spiro atoms. The Morgan fingerprint density at radius 1 is 1.19 bits per heavy atom. The number of rotatable bonds is 5. The monoisotopic (exact) mass is 533 g/mol. The Bertz CT molecular complexity index is 1140. The summed E-state index contributed by atoms with van der Waals surface area (Å²) in [6.45, 7) is 10.7. The van der Waals surface area contributed by atoms with Crippen LogP contribution in [0.1, 0.15) is 56.8 Å². The van der Waals surface area contributed by atoms with Gasteiger partial charge in [0.25, 0.3) is 0 Å². The molecule has 0 N–H and O–H groups in total. The molecule has 1 aromatic heterocycles. The quantitative estimate of drug-likeness (QED) is 0.331. The van der Waals surface area contributed by atoms with Gasteiger partial charge in [-0.1, -0.05) is 11.2 Å². The van der Waals surface area contributed by atoms with E-state index in [1.807, 2.05) is 0 Å². The van der Waals surface area contributed by atoms with Crippen LogP contribution in [0.4, 0.5) is 42.5 Å². The first-order valence-electron chi connectivity index (χ1n) is 11.3. The number of halogens is 6. The maximum absolute atomic E-state index is 13.4. The van der Waals surface area contributed by atoms with Gasteiger partial charge in [-0.15, -0.1) is 0 Å². The highest BCUT2D eigenvalue weighted by molar-refractivity contribution is 5.68. The lowest BCUT2D eigenvalue weighted by Gasteiger charge is -2.32. The zero-order valence-corrected chi connectivity index (χ0v) is 20.3. The van der Waals surface area contributed by atoms with Gasteiger partial charge in [-0.2, -0.15) is 31.3 Å². The fourth-order valence-corrected chi connectivity index (χ4v) is 3.80. The Morgan fingerprint density at radius 3 is 2.38 bits per heavy atom. The van der Waals surface area contributed by atoms with Crippen LogP contribution in [0.5, 0.6) is 0 Å². The summed E-state index contributed by atoms with van der Waals surface area (Å²) in [4.78, 5) is 21.4. The van der Waals surface area contributed by atoms with E-state index in [2.05, 4.69) is 15.0 Å². The first-order valence-corrected chi connectivity index (χ1v) is 11.3. The van der Waals surface area contributed by atoms with E-state index in [9.17, 15) is 31.1 Å². The standard InChI is InChI=1S/C23H25F6N5O3/c1-21(2,3)36-20(35)33-9-7-14(8-10-33)19-31-18(32-37-19)12-34(13-22(24,25)26)15-5-6-17(30-4)16(11-15)23(27,28)29/h5-6,11,14H,7-10,12-13H2,1-3H3. The molecule has 37 heavy (non-hydrogen) atoms. The summed E-state index contributed by atoms with van der Waals surface area (Å²) in [6.07, 6.45) is -9.20. The molecular weight excluding hydrogens is 508 g/mol. The maximum Gasteiger partial charge on any atom is 0.410 e. The van der Waals surface area contributed by atoms with Crippen LogP contribution < -0.4 is 4.90 Å². The van der Waals surface area contributed by atoms with Gasteiger partial charge in [-0.3, -0.25) is 0 Å². The molecular formula is C23H25F6N5O3. The Balaban J connectivity index is 1.75. The maximum atomic E-state index is 13.4. The number of hydrogen-bond acceptors (Lipinski definition) is 6. The molecule has 1 amide bonds. The lowest BCUT2D eigenvalue weighted by atomic mass is 9.97. The minimum Gasteiger partial charge on any atom is -0.444 e. The topological polar surface area (TPSA) is 76.1 Å². The van der Waals surface area contributed by atoms with Crippen LogP contribution >= 0.6 is 0 Å². The normalized spacial score (nSPS) is 15.4. The smallest absolute Gasteiger partial charge is 0.410 e. The molecule has 0 atom stereocenters. The van der Waals surface area contributed by atoms with Crippen LogP contribution in [0.25, 0.3) is 4.85 Å². The minimum atomic E-state index is -4.92. The van der Waals surface area contributed by atoms with Gasteiger partial charge in [0.2, 0.25) is 5.89 Å². The van der Waals surface area contributed by atoms with Crippen LogP contribution in [-0.4, -0.2) is 52.5 Å². The summed E-state index contributed by atoms with van der Waals surface area (Å²) >= 11 is 0. The minimum absolute atomic E-state index is 0.142. The van der Waals surface area contributed by atoms with Crippen molar-refractivity contribution in [1.82, 2.24) is 15.0 Å². The fourth-order valence-electron chi connectivity index (χ4n) is 3.80. The van der Waals surface area contributed by atoms with Crippen LogP contribution in [-0.2, 0) is 17.5 Å². The predicted molar refractivity (Wildman–Crippen MR) is 119 cm³/mol. The Hall–Kier alpha value is -3.50. The van der Waals surface area contributed by atoms with E-state index in [0.717, 1.165) is 12.1 Å². The van der Waals surface area contributed by atoms with Gasteiger partial charge >= 0.3 is 18.4 Å². The number of carbonyl (C=O) groups is 1. The third-order valence-corrected chi connectivity index (χ3v) is 5.45. The summed E-state index contributed by atoms with van der Waals surface area (Å²) in [5, 5.41) is 3.72. The van der Waals surface area contributed by atoms with Crippen molar-refractivity contribution in [3.05, 3.63) is 46.9 Å². The highest BCUT2D eigenvalue weighted by Crippen LogP contribution is 2.39. The summed E-state index contributed by atoms with van der Waals surface area (Å²) in [5.41, 5.74) is -3.09. The Labute approximate surface area is 209 Å². The molecule has 1 aliphatic heterocycles. The number of likely N-dealkylation sites (tertiary alicyclic amines) is 1. The first kappa shape index (κ1) is 28.1. The van der Waals surface area contributed by atoms with Crippen molar-refractivity contribution in [2.75, 3.05) is 24.5 Å². The zero-order valence-electron chi connectivity index (χ0n) is 20.3. The molecule has 0 unspecified atom stereocenters. The van der Waals surface area contributed by atoms with Crippen LogP contribution in [0.15, 0.2) is 22.7 Å². The van der Waals surface area contributed by atoms with Gasteiger partial charge in [0.15, 0.2) is 11.5 Å².